The number of nitrogens with one attached hydrogen (secondary N) is 1. The highest BCUT2D eigenvalue weighted by Crippen LogP contribution is 2.30. The first-order chi connectivity index (χ1) is 9.63. The number of hydrogen-bond acceptors (Lipinski definition) is 1. The average Bonchev–Trinajstić information content (AvgIpc) is 2.43. The fourth-order valence-electron chi connectivity index (χ4n) is 2.69. The Labute approximate surface area is 134 Å². The molecule has 104 valence electrons. The summed E-state index contributed by atoms with van der Waals surface area (Å²) in [5.41, 5.74) is 3.31. The smallest absolute Gasteiger partial charge is 0.147 e. The highest BCUT2D eigenvalue weighted by atomic mass is 79.9. The Kier molecular flexibility index (Phi) is 4.13. The van der Waals surface area contributed by atoms with Crippen molar-refractivity contribution in [2.75, 3.05) is 5.32 Å². The molecule has 0 aromatic heterocycles. The van der Waals surface area contributed by atoms with Crippen molar-refractivity contribution in [2.24, 2.45) is 0 Å². The van der Waals surface area contributed by atoms with Crippen molar-refractivity contribution in [3.05, 3.63) is 62.3 Å². The fraction of sp³-hybridized carbons (Fsp3) is 0.250. The molecule has 4 heteroatoms. The molecule has 1 aliphatic carbocycles. The minimum Gasteiger partial charge on any atom is -0.379 e. The summed E-state index contributed by atoms with van der Waals surface area (Å²) in [5.74, 6) is -0.207. The molecule has 0 aliphatic heterocycles. The molecule has 0 spiro atoms. The summed E-state index contributed by atoms with van der Waals surface area (Å²) in [7, 11) is 0. The van der Waals surface area contributed by atoms with Crippen LogP contribution in [-0.4, -0.2) is 6.04 Å². The quantitative estimate of drug-likeness (QED) is 0.721. The molecule has 1 N–H and O–H groups in total. The van der Waals surface area contributed by atoms with E-state index in [9.17, 15) is 4.39 Å². The van der Waals surface area contributed by atoms with Gasteiger partial charge in [-0.25, -0.2) is 4.39 Å². The normalized spacial score (nSPS) is 17.6. The second-order valence-electron chi connectivity index (χ2n) is 5.09. The first kappa shape index (κ1) is 14.1. The van der Waals surface area contributed by atoms with Gasteiger partial charge in [0.2, 0.25) is 0 Å². The predicted molar refractivity (Wildman–Crippen MR) is 87.7 cm³/mol. The van der Waals surface area contributed by atoms with Gasteiger partial charge >= 0.3 is 0 Å². The molecule has 0 amide bonds. The molecular weight excluding hydrogens is 385 g/mol. The minimum atomic E-state index is -0.207. The lowest BCUT2D eigenvalue weighted by Crippen LogP contribution is -2.27. The van der Waals surface area contributed by atoms with Crippen molar-refractivity contribution < 1.29 is 4.39 Å². The third kappa shape index (κ3) is 2.91. The van der Waals surface area contributed by atoms with Crippen molar-refractivity contribution in [2.45, 2.75) is 25.3 Å². The number of rotatable bonds is 2. The number of benzene rings is 2. The van der Waals surface area contributed by atoms with Crippen molar-refractivity contribution in [1.82, 2.24) is 0 Å². The SMILES string of the molecule is Fc1cccc(Br)c1NC1CCc2cc(Br)ccc2C1. The van der Waals surface area contributed by atoms with Gasteiger partial charge in [-0.3, -0.25) is 0 Å². The van der Waals surface area contributed by atoms with E-state index in [4.69, 9.17) is 0 Å². The molecule has 0 bridgehead atoms. The standard InChI is InChI=1S/C16H14Br2FN/c17-12-6-4-11-9-13(7-5-10(11)8-12)20-16-14(18)2-1-3-15(16)19/h1-4,6,8,13,20H,5,7,9H2. The Hall–Kier alpha value is -0.870. The van der Waals surface area contributed by atoms with E-state index in [1.54, 1.807) is 6.07 Å². The van der Waals surface area contributed by atoms with Crippen LogP contribution in [0.1, 0.15) is 17.5 Å². The lowest BCUT2D eigenvalue weighted by atomic mass is 9.88. The summed E-state index contributed by atoms with van der Waals surface area (Å²) in [6.45, 7) is 0. The third-order valence-corrected chi connectivity index (χ3v) is 4.86. The van der Waals surface area contributed by atoms with E-state index >= 15 is 0 Å². The third-order valence-electron chi connectivity index (χ3n) is 3.71. The molecule has 2 aromatic rings. The molecule has 1 aliphatic rings. The van der Waals surface area contributed by atoms with Crippen LogP contribution in [0.4, 0.5) is 10.1 Å². The van der Waals surface area contributed by atoms with Gasteiger partial charge in [0.15, 0.2) is 0 Å². The van der Waals surface area contributed by atoms with Crippen LogP contribution >= 0.6 is 31.9 Å². The van der Waals surface area contributed by atoms with Crippen molar-refractivity contribution in [3.8, 4) is 0 Å². The van der Waals surface area contributed by atoms with E-state index in [-0.39, 0.29) is 11.9 Å². The van der Waals surface area contributed by atoms with E-state index in [2.05, 4.69) is 55.4 Å². The second-order valence-corrected chi connectivity index (χ2v) is 6.86. The molecule has 3 rings (SSSR count). The molecular formula is C16H14Br2FN. The van der Waals surface area contributed by atoms with Gasteiger partial charge in [0, 0.05) is 15.0 Å². The van der Waals surface area contributed by atoms with Crippen LogP contribution in [-0.2, 0) is 12.8 Å². The van der Waals surface area contributed by atoms with Gasteiger partial charge in [-0.15, -0.1) is 0 Å². The van der Waals surface area contributed by atoms with Crippen molar-refractivity contribution >= 4 is 37.5 Å². The van der Waals surface area contributed by atoms with E-state index in [0.717, 1.165) is 28.2 Å². The Morgan fingerprint density at radius 1 is 1.10 bits per heavy atom. The largest absolute Gasteiger partial charge is 0.379 e. The van der Waals surface area contributed by atoms with E-state index in [1.807, 2.05) is 6.07 Å². The fourth-order valence-corrected chi connectivity index (χ4v) is 3.55. The summed E-state index contributed by atoms with van der Waals surface area (Å²) in [6, 6.07) is 11.7. The van der Waals surface area contributed by atoms with Gasteiger partial charge in [0.05, 0.1) is 5.69 Å². The van der Waals surface area contributed by atoms with Crippen LogP contribution in [0.15, 0.2) is 45.3 Å². The summed E-state index contributed by atoms with van der Waals surface area (Å²) < 4.78 is 15.8. The molecule has 0 saturated heterocycles. The molecule has 0 fully saturated rings. The summed E-state index contributed by atoms with van der Waals surface area (Å²) in [4.78, 5) is 0. The number of anilines is 1. The molecule has 1 atom stereocenters. The molecule has 0 saturated carbocycles. The highest BCUT2D eigenvalue weighted by molar-refractivity contribution is 9.10. The van der Waals surface area contributed by atoms with Crippen LogP contribution in [0.3, 0.4) is 0 Å². The first-order valence-corrected chi connectivity index (χ1v) is 8.20. The van der Waals surface area contributed by atoms with Gasteiger partial charge in [0.1, 0.15) is 5.82 Å². The Morgan fingerprint density at radius 2 is 1.95 bits per heavy atom. The number of halogens is 3. The zero-order valence-corrected chi connectivity index (χ0v) is 14.0. The van der Waals surface area contributed by atoms with Crippen molar-refractivity contribution in [1.29, 1.82) is 0 Å². The van der Waals surface area contributed by atoms with Crippen LogP contribution in [0.25, 0.3) is 0 Å². The Bertz CT molecular complexity index is 622. The zero-order chi connectivity index (χ0) is 14.1. The molecule has 20 heavy (non-hydrogen) atoms. The van der Waals surface area contributed by atoms with Gasteiger partial charge in [-0.05, 0) is 70.6 Å². The maximum atomic E-state index is 13.9. The van der Waals surface area contributed by atoms with E-state index < -0.39 is 0 Å². The monoisotopic (exact) mass is 397 g/mol. The molecule has 1 nitrogen and oxygen atoms in total. The minimum absolute atomic E-state index is 0.207. The van der Waals surface area contributed by atoms with Crippen molar-refractivity contribution in [3.63, 3.8) is 0 Å². The molecule has 2 aromatic carbocycles. The number of hydrogen-bond donors (Lipinski definition) is 1. The van der Waals surface area contributed by atoms with Gasteiger partial charge < -0.3 is 5.32 Å². The number of para-hydroxylation sites is 1. The number of aryl methyl sites for hydroxylation is 1. The zero-order valence-electron chi connectivity index (χ0n) is 10.8. The second kappa shape index (κ2) is 5.86. The topological polar surface area (TPSA) is 12.0 Å². The summed E-state index contributed by atoms with van der Waals surface area (Å²) in [5, 5.41) is 3.34. The Morgan fingerprint density at radius 3 is 2.75 bits per heavy atom. The molecule has 1 unspecified atom stereocenters. The average molecular weight is 399 g/mol. The lowest BCUT2D eigenvalue weighted by Gasteiger charge is -2.27. The first-order valence-electron chi connectivity index (χ1n) is 6.61. The van der Waals surface area contributed by atoms with Gasteiger partial charge in [-0.2, -0.15) is 0 Å². The molecule has 0 heterocycles. The maximum Gasteiger partial charge on any atom is 0.147 e. The highest BCUT2D eigenvalue weighted by Gasteiger charge is 2.20. The van der Waals surface area contributed by atoms with E-state index in [1.165, 1.54) is 17.2 Å². The summed E-state index contributed by atoms with van der Waals surface area (Å²) >= 11 is 6.91. The van der Waals surface area contributed by atoms with Crippen LogP contribution in [0.2, 0.25) is 0 Å². The van der Waals surface area contributed by atoms with Crippen LogP contribution < -0.4 is 5.32 Å². The molecule has 0 radical (unpaired) electrons. The van der Waals surface area contributed by atoms with Crippen LogP contribution in [0, 0.1) is 5.82 Å². The lowest BCUT2D eigenvalue weighted by molar-refractivity contribution is 0.591. The van der Waals surface area contributed by atoms with Gasteiger partial charge in [0.25, 0.3) is 0 Å². The summed E-state index contributed by atoms with van der Waals surface area (Å²) in [6.07, 6.45) is 2.98. The predicted octanol–water partition coefficient (Wildman–Crippen LogP) is 5.32. The van der Waals surface area contributed by atoms with Crippen LogP contribution in [0.5, 0.6) is 0 Å². The van der Waals surface area contributed by atoms with Gasteiger partial charge in [-0.1, -0.05) is 28.1 Å². The maximum absolute atomic E-state index is 13.9. The Balaban J connectivity index is 1.79. The number of fused-ring (bicyclic) bond motifs is 1. The van der Waals surface area contributed by atoms with E-state index in [0.29, 0.717) is 5.69 Å².